The minimum atomic E-state index is -4.26. The molecule has 11 heteroatoms. The Balaban J connectivity index is 2.55. The molecule has 0 fully saturated rings. The van der Waals surface area contributed by atoms with Crippen molar-refractivity contribution in [2.24, 2.45) is 0 Å². The summed E-state index contributed by atoms with van der Waals surface area (Å²) < 4.78 is 27.8. The van der Waals surface area contributed by atoms with Gasteiger partial charge < -0.3 is 5.32 Å². The fraction of sp³-hybridized carbons (Fsp3) is 0.188. The van der Waals surface area contributed by atoms with Gasteiger partial charge in [-0.15, -0.1) is 0 Å². The Morgan fingerprint density at radius 1 is 1.26 bits per heavy atom. The number of halogens is 2. The molecule has 0 aliphatic carbocycles. The summed E-state index contributed by atoms with van der Waals surface area (Å²) in [5.41, 5.74) is -0.298. The van der Waals surface area contributed by atoms with Crippen LogP contribution in [0.25, 0.3) is 0 Å². The summed E-state index contributed by atoms with van der Waals surface area (Å²) >= 11 is 9.02. The number of hydrogen-bond donors (Lipinski definition) is 1. The summed E-state index contributed by atoms with van der Waals surface area (Å²) in [6, 6.07) is 9.46. The molecule has 0 bridgehead atoms. The van der Waals surface area contributed by atoms with Gasteiger partial charge in [-0.1, -0.05) is 27.5 Å². The number of nitrogens with one attached hydrogen (secondary N) is 1. The predicted octanol–water partition coefficient (Wildman–Crippen LogP) is 3.34. The maximum absolute atomic E-state index is 13.1. The van der Waals surface area contributed by atoms with Crippen LogP contribution < -0.4 is 9.62 Å². The normalized spacial score (nSPS) is 11.1. The first-order valence-corrected chi connectivity index (χ1v) is 10.3. The number of carbonyl (C=O) groups is 1. The van der Waals surface area contributed by atoms with Crippen molar-refractivity contribution in [1.82, 2.24) is 5.32 Å². The molecule has 0 saturated heterocycles. The highest BCUT2D eigenvalue weighted by Crippen LogP contribution is 2.30. The lowest BCUT2D eigenvalue weighted by Crippen LogP contribution is -2.40. The van der Waals surface area contributed by atoms with Gasteiger partial charge in [-0.25, -0.2) is 8.42 Å². The molecule has 0 aliphatic heterocycles. The van der Waals surface area contributed by atoms with E-state index in [4.69, 9.17) is 11.6 Å². The van der Waals surface area contributed by atoms with Crippen molar-refractivity contribution in [2.45, 2.75) is 11.8 Å². The summed E-state index contributed by atoms with van der Waals surface area (Å²) in [6.07, 6.45) is 0. The molecule has 27 heavy (non-hydrogen) atoms. The number of carbonyl (C=O) groups excluding carboxylic acids is 1. The number of hydrogen-bond acceptors (Lipinski definition) is 5. The molecule has 2 rings (SSSR count). The predicted molar refractivity (Wildman–Crippen MR) is 105 cm³/mol. The molecule has 0 aromatic heterocycles. The van der Waals surface area contributed by atoms with Crippen molar-refractivity contribution in [3.05, 3.63) is 62.1 Å². The van der Waals surface area contributed by atoms with Crippen LogP contribution in [-0.2, 0) is 14.8 Å². The molecular formula is C16H15BrClN3O5S. The number of rotatable bonds is 7. The average Bonchev–Trinajstić information content (AvgIpc) is 2.60. The van der Waals surface area contributed by atoms with Gasteiger partial charge in [-0.05, 0) is 43.3 Å². The summed E-state index contributed by atoms with van der Waals surface area (Å²) in [4.78, 5) is 22.0. The van der Waals surface area contributed by atoms with Crippen molar-refractivity contribution >= 4 is 54.8 Å². The topological polar surface area (TPSA) is 110 Å². The summed E-state index contributed by atoms with van der Waals surface area (Å²) in [6.45, 7) is 1.56. The van der Waals surface area contributed by atoms with E-state index in [2.05, 4.69) is 21.2 Å². The van der Waals surface area contributed by atoms with Crippen LogP contribution >= 0.6 is 27.5 Å². The first kappa shape index (κ1) is 21.1. The Kier molecular flexibility index (Phi) is 6.79. The zero-order chi connectivity index (χ0) is 20.2. The molecule has 0 radical (unpaired) electrons. The van der Waals surface area contributed by atoms with E-state index in [-0.39, 0.29) is 15.6 Å². The Bertz CT molecular complexity index is 967. The van der Waals surface area contributed by atoms with Crippen molar-refractivity contribution < 1.29 is 18.1 Å². The Morgan fingerprint density at radius 3 is 2.44 bits per heavy atom. The van der Waals surface area contributed by atoms with Gasteiger partial charge in [-0.3, -0.25) is 19.2 Å². The van der Waals surface area contributed by atoms with Gasteiger partial charge in [0.2, 0.25) is 5.91 Å². The van der Waals surface area contributed by atoms with Crippen LogP contribution in [0, 0.1) is 10.1 Å². The Morgan fingerprint density at radius 2 is 1.89 bits per heavy atom. The lowest BCUT2D eigenvalue weighted by atomic mass is 10.3. The van der Waals surface area contributed by atoms with Crippen molar-refractivity contribution in [1.29, 1.82) is 0 Å². The van der Waals surface area contributed by atoms with Gasteiger partial charge in [0.25, 0.3) is 15.7 Å². The fourth-order valence-electron chi connectivity index (χ4n) is 2.23. The maximum atomic E-state index is 13.1. The first-order valence-electron chi connectivity index (χ1n) is 7.65. The highest BCUT2D eigenvalue weighted by Gasteiger charge is 2.29. The molecule has 0 aliphatic rings. The van der Waals surface area contributed by atoms with Gasteiger partial charge >= 0.3 is 0 Å². The summed E-state index contributed by atoms with van der Waals surface area (Å²) in [5, 5.41) is 13.4. The molecule has 2 aromatic rings. The fourth-order valence-corrected chi connectivity index (χ4v) is 4.12. The highest BCUT2D eigenvalue weighted by molar-refractivity contribution is 9.10. The number of nitrogens with zero attached hydrogens (tertiary/aromatic N) is 2. The first-order chi connectivity index (χ1) is 12.7. The minimum Gasteiger partial charge on any atom is -0.355 e. The average molecular weight is 477 g/mol. The SMILES string of the molecule is CCNC(=O)CN(c1ccc(Br)cc1)S(=O)(=O)c1ccc(Cl)c([N+](=O)[O-])c1. The van der Waals surface area contributed by atoms with E-state index in [0.717, 1.165) is 27.0 Å². The lowest BCUT2D eigenvalue weighted by Gasteiger charge is -2.24. The highest BCUT2D eigenvalue weighted by atomic mass is 79.9. The molecule has 0 unspecified atom stereocenters. The van der Waals surface area contributed by atoms with Gasteiger partial charge in [0.1, 0.15) is 11.6 Å². The summed E-state index contributed by atoms with van der Waals surface area (Å²) in [7, 11) is -4.26. The molecule has 0 heterocycles. The van der Waals surface area contributed by atoms with Gasteiger partial charge in [0, 0.05) is 17.1 Å². The van der Waals surface area contributed by atoms with E-state index >= 15 is 0 Å². The third-order valence-electron chi connectivity index (χ3n) is 3.48. The number of sulfonamides is 1. The van der Waals surface area contributed by atoms with Crippen LogP contribution in [0.4, 0.5) is 11.4 Å². The number of benzene rings is 2. The smallest absolute Gasteiger partial charge is 0.289 e. The monoisotopic (exact) mass is 475 g/mol. The molecular weight excluding hydrogens is 462 g/mol. The molecule has 0 spiro atoms. The summed E-state index contributed by atoms with van der Waals surface area (Å²) in [5.74, 6) is -0.507. The molecule has 2 aromatic carbocycles. The zero-order valence-electron chi connectivity index (χ0n) is 14.1. The van der Waals surface area contributed by atoms with E-state index in [1.54, 1.807) is 19.1 Å². The molecule has 1 amide bonds. The van der Waals surface area contributed by atoms with Gasteiger partial charge in [0.15, 0.2) is 0 Å². The maximum Gasteiger partial charge on any atom is 0.289 e. The number of nitro groups is 1. The lowest BCUT2D eigenvalue weighted by molar-refractivity contribution is -0.384. The molecule has 8 nitrogen and oxygen atoms in total. The molecule has 0 atom stereocenters. The van der Waals surface area contributed by atoms with E-state index < -0.39 is 33.1 Å². The quantitative estimate of drug-likeness (QED) is 0.487. The van der Waals surface area contributed by atoms with Crippen LogP contribution in [0.1, 0.15) is 6.92 Å². The van der Waals surface area contributed by atoms with Crippen LogP contribution in [0.5, 0.6) is 0 Å². The van der Waals surface area contributed by atoms with Crippen molar-refractivity contribution in [2.75, 3.05) is 17.4 Å². The number of likely N-dealkylation sites (N-methyl/N-ethyl adjacent to an activating group) is 1. The zero-order valence-corrected chi connectivity index (χ0v) is 17.2. The van der Waals surface area contributed by atoms with Crippen LogP contribution in [0.2, 0.25) is 5.02 Å². The van der Waals surface area contributed by atoms with Gasteiger partial charge in [0.05, 0.1) is 15.5 Å². The van der Waals surface area contributed by atoms with E-state index in [1.807, 2.05) is 0 Å². The van der Waals surface area contributed by atoms with Crippen LogP contribution in [0.15, 0.2) is 51.8 Å². The third-order valence-corrected chi connectivity index (χ3v) is 6.10. The molecule has 144 valence electrons. The molecule has 0 saturated carbocycles. The standard InChI is InChI=1S/C16H15BrClN3O5S/c1-2-19-16(22)10-20(12-5-3-11(17)4-6-12)27(25,26)13-7-8-14(18)15(9-13)21(23)24/h3-9H,2,10H2,1H3,(H,19,22). The van der Waals surface area contributed by atoms with Crippen molar-refractivity contribution in [3.8, 4) is 0 Å². The van der Waals surface area contributed by atoms with Gasteiger partial charge in [-0.2, -0.15) is 0 Å². The minimum absolute atomic E-state index is 0.183. The number of anilines is 1. The van der Waals surface area contributed by atoms with Crippen LogP contribution in [0.3, 0.4) is 0 Å². The second-order valence-electron chi connectivity index (χ2n) is 5.31. The number of amides is 1. The van der Waals surface area contributed by atoms with Crippen molar-refractivity contribution in [3.63, 3.8) is 0 Å². The Labute approximate surface area is 169 Å². The second kappa shape index (κ2) is 8.68. The third kappa shape index (κ3) is 4.96. The number of nitro benzene ring substituents is 1. The second-order valence-corrected chi connectivity index (χ2v) is 8.50. The Hall–Kier alpha value is -2.17. The van der Waals surface area contributed by atoms with Crippen LogP contribution in [-0.4, -0.2) is 32.3 Å². The molecule has 1 N–H and O–H groups in total. The van der Waals surface area contributed by atoms with E-state index in [1.165, 1.54) is 12.1 Å². The largest absolute Gasteiger partial charge is 0.355 e. The van der Waals surface area contributed by atoms with E-state index in [0.29, 0.717) is 6.54 Å². The van der Waals surface area contributed by atoms with E-state index in [9.17, 15) is 23.3 Å².